The lowest BCUT2D eigenvalue weighted by atomic mass is 10.0. The molecule has 0 bridgehead atoms. The zero-order chi connectivity index (χ0) is 18.9. The Hall–Kier alpha value is -2.12. The number of hydrogen-bond acceptors (Lipinski definition) is 5. The largest absolute Gasteiger partial charge is 0.497 e. The SMILES string of the molecule is COc1ccc(C2CCCN2c2ccc(S(=O)(=O)N3CCCC3)cn2)cc1. The van der Waals surface area contributed by atoms with Crippen molar-refractivity contribution in [3.05, 3.63) is 48.2 Å². The molecule has 0 N–H and O–H groups in total. The number of ether oxygens (including phenoxy) is 1. The lowest BCUT2D eigenvalue weighted by molar-refractivity contribution is 0.414. The molecule has 1 aromatic carbocycles. The average molecular weight is 388 g/mol. The van der Waals surface area contributed by atoms with Crippen LogP contribution >= 0.6 is 0 Å². The summed E-state index contributed by atoms with van der Waals surface area (Å²) < 4.78 is 32.1. The van der Waals surface area contributed by atoms with Gasteiger partial charge in [-0.15, -0.1) is 0 Å². The van der Waals surface area contributed by atoms with E-state index in [0.717, 1.165) is 43.8 Å². The minimum atomic E-state index is -3.41. The maximum absolute atomic E-state index is 12.7. The number of anilines is 1. The van der Waals surface area contributed by atoms with Crippen LogP contribution in [0.2, 0.25) is 0 Å². The zero-order valence-electron chi connectivity index (χ0n) is 15.5. The summed E-state index contributed by atoms with van der Waals surface area (Å²) in [5, 5.41) is 0. The molecule has 0 amide bonds. The molecular weight excluding hydrogens is 362 g/mol. The molecule has 2 aliphatic rings. The number of sulfonamides is 1. The topological polar surface area (TPSA) is 62.7 Å². The highest BCUT2D eigenvalue weighted by molar-refractivity contribution is 7.89. The van der Waals surface area contributed by atoms with Crippen LogP contribution in [-0.4, -0.2) is 44.5 Å². The second kappa shape index (κ2) is 7.48. The van der Waals surface area contributed by atoms with E-state index in [0.29, 0.717) is 13.1 Å². The lowest BCUT2D eigenvalue weighted by Gasteiger charge is -2.26. The Kier molecular flexibility index (Phi) is 5.06. The van der Waals surface area contributed by atoms with Crippen LogP contribution in [0.4, 0.5) is 5.82 Å². The molecule has 1 aromatic heterocycles. The molecule has 4 rings (SSSR count). The molecule has 0 aliphatic carbocycles. The number of benzene rings is 1. The summed E-state index contributed by atoms with van der Waals surface area (Å²) >= 11 is 0. The van der Waals surface area contributed by atoms with E-state index in [-0.39, 0.29) is 10.9 Å². The third-order valence-corrected chi connectivity index (χ3v) is 7.35. The van der Waals surface area contributed by atoms with Gasteiger partial charge in [-0.1, -0.05) is 12.1 Å². The molecule has 7 heteroatoms. The Morgan fingerprint density at radius 2 is 1.74 bits per heavy atom. The predicted octanol–water partition coefficient (Wildman–Crippen LogP) is 3.22. The van der Waals surface area contributed by atoms with Gasteiger partial charge in [0, 0.05) is 25.8 Å². The molecule has 27 heavy (non-hydrogen) atoms. The fraction of sp³-hybridized carbons (Fsp3) is 0.450. The second-order valence-corrected chi connectivity index (χ2v) is 9.03. The highest BCUT2D eigenvalue weighted by atomic mass is 32.2. The van der Waals surface area contributed by atoms with Crippen molar-refractivity contribution in [3.8, 4) is 5.75 Å². The summed E-state index contributed by atoms with van der Waals surface area (Å²) in [7, 11) is -1.75. The highest BCUT2D eigenvalue weighted by Gasteiger charge is 2.30. The van der Waals surface area contributed by atoms with Crippen LogP contribution in [0.25, 0.3) is 0 Å². The molecule has 2 fully saturated rings. The van der Waals surface area contributed by atoms with Gasteiger partial charge in [0.15, 0.2) is 0 Å². The molecule has 0 saturated carbocycles. The van der Waals surface area contributed by atoms with Crippen LogP contribution in [0.5, 0.6) is 5.75 Å². The van der Waals surface area contributed by atoms with Crippen molar-refractivity contribution in [1.82, 2.24) is 9.29 Å². The smallest absolute Gasteiger partial charge is 0.244 e. The molecule has 1 atom stereocenters. The number of aromatic nitrogens is 1. The quantitative estimate of drug-likeness (QED) is 0.788. The summed E-state index contributed by atoms with van der Waals surface area (Å²) in [4.78, 5) is 7.05. The van der Waals surface area contributed by atoms with E-state index in [9.17, 15) is 8.42 Å². The number of rotatable bonds is 5. The van der Waals surface area contributed by atoms with E-state index < -0.39 is 10.0 Å². The van der Waals surface area contributed by atoms with Gasteiger partial charge in [0.1, 0.15) is 16.5 Å². The van der Waals surface area contributed by atoms with E-state index in [1.54, 1.807) is 17.5 Å². The van der Waals surface area contributed by atoms with Gasteiger partial charge in [-0.25, -0.2) is 13.4 Å². The van der Waals surface area contributed by atoms with Gasteiger partial charge in [0.05, 0.1) is 13.2 Å². The first kappa shape index (κ1) is 18.3. The van der Waals surface area contributed by atoms with Gasteiger partial charge < -0.3 is 9.64 Å². The molecular formula is C20H25N3O3S. The summed E-state index contributed by atoms with van der Waals surface area (Å²) in [6, 6.07) is 11.9. The summed E-state index contributed by atoms with van der Waals surface area (Å²) in [5.74, 6) is 1.67. The maximum atomic E-state index is 12.7. The van der Waals surface area contributed by atoms with Crippen LogP contribution in [0.1, 0.15) is 37.3 Å². The number of pyridine rings is 1. The Labute approximate surface area is 160 Å². The Morgan fingerprint density at radius 3 is 2.37 bits per heavy atom. The van der Waals surface area contributed by atoms with E-state index in [4.69, 9.17) is 4.74 Å². The number of hydrogen-bond donors (Lipinski definition) is 0. The first-order chi connectivity index (χ1) is 13.1. The van der Waals surface area contributed by atoms with E-state index in [1.165, 1.54) is 11.8 Å². The van der Waals surface area contributed by atoms with Gasteiger partial charge in [0.2, 0.25) is 10.0 Å². The van der Waals surface area contributed by atoms with Crippen molar-refractivity contribution in [2.24, 2.45) is 0 Å². The molecule has 1 unspecified atom stereocenters. The van der Waals surface area contributed by atoms with Gasteiger partial charge in [-0.2, -0.15) is 4.31 Å². The minimum Gasteiger partial charge on any atom is -0.497 e. The van der Waals surface area contributed by atoms with Crippen LogP contribution < -0.4 is 9.64 Å². The van der Waals surface area contributed by atoms with Gasteiger partial charge >= 0.3 is 0 Å². The molecule has 2 saturated heterocycles. The third-order valence-electron chi connectivity index (χ3n) is 5.47. The van der Waals surface area contributed by atoms with Crippen LogP contribution in [-0.2, 0) is 10.0 Å². The fourth-order valence-corrected chi connectivity index (χ4v) is 5.45. The van der Waals surface area contributed by atoms with Gasteiger partial charge in [-0.05, 0) is 55.5 Å². The predicted molar refractivity (Wildman–Crippen MR) is 105 cm³/mol. The first-order valence-electron chi connectivity index (χ1n) is 9.46. The molecule has 144 valence electrons. The third kappa shape index (κ3) is 3.53. The van der Waals surface area contributed by atoms with Crippen LogP contribution in [0, 0.1) is 0 Å². The second-order valence-electron chi connectivity index (χ2n) is 7.09. The minimum absolute atomic E-state index is 0.254. The Morgan fingerprint density at radius 1 is 1.00 bits per heavy atom. The molecule has 6 nitrogen and oxygen atoms in total. The standard InChI is InChI=1S/C20H25N3O3S/c1-26-17-8-6-16(7-9-17)19-5-4-14-23(19)20-11-10-18(15-21-20)27(24,25)22-12-2-3-13-22/h6-11,15,19H,2-5,12-14H2,1H3. The highest BCUT2D eigenvalue weighted by Crippen LogP contribution is 2.36. The average Bonchev–Trinajstić information content (AvgIpc) is 3.40. The van der Waals surface area contributed by atoms with Crippen molar-refractivity contribution >= 4 is 15.8 Å². The van der Waals surface area contributed by atoms with E-state index in [1.807, 2.05) is 18.2 Å². The fourth-order valence-electron chi connectivity index (χ4n) is 3.99. The molecule has 2 aromatic rings. The van der Waals surface area contributed by atoms with Crippen LogP contribution in [0.3, 0.4) is 0 Å². The number of nitrogens with zero attached hydrogens (tertiary/aromatic N) is 3. The molecule has 2 aliphatic heterocycles. The summed E-state index contributed by atoms with van der Waals surface area (Å²) in [6.45, 7) is 2.13. The lowest BCUT2D eigenvalue weighted by Crippen LogP contribution is -2.28. The maximum Gasteiger partial charge on any atom is 0.244 e. The Balaban J connectivity index is 1.55. The van der Waals surface area contributed by atoms with Crippen molar-refractivity contribution < 1.29 is 13.2 Å². The van der Waals surface area contributed by atoms with E-state index >= 15 is 0 Å². The molecule has 0 radical (unpaired) electrons. The normalized spacial score (nSPS) is 20.9. The van der Waals surface area contributed by atoms with Crippen molar-refractivity contribution in [2.45, 2.75) is 36.6 Å². The molecule has 3 heterocycles. The monoisotopic (exact) mass is 387 g/mol. The van der Waals surface area contributed by atoms with E-state index in [2.05, 4.69) is 22.0 Å². The summed E-state index contributed by atoms with van der Waals surface area (Å²) in [5.41, 5.74) is 1.23. The van der Waals surface area contributed by atoms with Gasteiger partial charge in [-0.3, -0.25) is 0 Å². The van der Waals surface area contributed by atoms with Crippen molar-refractivity contribution in [2.75, 3.05) is 31.6 Å². The van der Waals surface area contributed by atoms with Crippen molar-refractivity contribution in [1.29, 1.82) is 0 Å². The Bertz CT molecular complexity index is 876. The van der Waals surface area contributed by atoms with Crippen LogP contribution in [0.15, 0.2) is 47.5 Å². The van der Waals surface area contributed by atoms with Gasteiger partial charge in [0.25, 0.3) is 0 Å². The first-order valence-corrected chi connectivity index (χ1v) is 10.9. The number of methoxy groups -OCH3 is 1. The zero-order valence-corrected chi connectivity index (χ0v) is 16.4. The van der Waals surface area contributed by atoms with Crippen molar-refractivity contribution in [3.63, 3.8) is 0 Å². The molecule has 0 spiro atoms. The summed E-state index contributed by atoms with van der Waals surface area (Å²) in [6.07, 6.45) is 5.52.